The minimum Gasteiger partial charge on any atom is -0.463 e. The quantitative estimate of drug-likeness (QED) is 0.524. The number of amides is 3. The summed E-state index contributed by atoms with van der Waals surface area (Å²) >= 11 is 1.33. The number of anilines is 1. The van der Waals surface area contributed by atoms with Gasteiger partial charge in [-0.25, -0.2) is 14.4 Å². The fraction of sp³-hybridized carbons (Fsp3) is 0.273. The average Bonchev–Trinajstić information content (AvgIpc) is 3.32. The van der Waals surface area contributed by atoms with Gasteiger partial charge in [-0.1, -0.05) is 13.0 Å². The van der Waals surface area contributed by atoms with Crippen LogP contribution in [-0.2, 0) is 14.3 Å². The molecule has 0 aliphatic carbocycles. The van der Waals surface area contributed by atoms with Gasteiger partial charge in [0.2, 0.25) is 0 Å². The number of benzene rings is 1. The lowest BCUT2D eigenvalue weighted by Crippen LogP contribution is -2.51. The first-order chi connectivity index (χ1) is 15.4. The van der Waals surface area contributed by atoms with Crippen LogP contribution in [0.1, 0.15) is 40.3 Å². The van der Waals surface area contributed by atoms with E-state index in [1.54, 1.807) is 31.2 Å². The van der Waals surface area contributed by atoms with Crippen molar-refractivity contribution in [2.45, 2.75) is 26.3 Å². The van der Waals surface area contributed by atoms with Crippen LogP contribution >= 0.6 is 11.3 Å². The molecule has 1 aromatic carbocycles. The number of nitrogens with one attached hydrogen (secondary N) is 3. The number of hydrogen-bond donors (Lipinski definition) is 3. The van der Waals surface area contributed by atoms with Gasteiger partial charge in [0.25, 0.3) is 5.91 Å². The minimum absolute atomic E-state index is 0.176. The van der Waals surface area contributed by atoms with Gasteiger partial charge in [0.1, 0.15) is 6.61 Å². The summed E-state index contributed by atoms with van der Waals surface area (Å²) in [4.78, 5) is 49.4. The Morgan fingerprint density at radius 3 is 2.44 bits per heavy atom. The SMILES string of the molecule is CCOC(=O)C1=C(COC(=O)c2ccc(NC(=O)c3cccs3)cc2)NC(=O)NC1CC. The van der Waals surface area contributed by atoms with Crippen molar-refractivity contribution in [1.29, 1.82) is 0 Å². The van der Waals surface area contributed by atoms with Crippen LogP contribution in [0, 0.1) is 0 Å². The first kappa shape index (κ1) is 23.0. The molecule has 2 heterocycles. The Balaban J connectivity index is 1.67. The highest BCUT2D eigenvalue weighted by Gasteiger charge is 2.32. The third-order valence-corrected chi connectivity index (χ3v) is 5.49. The van der Waals surface area contributed by atoms with Gasteiger partial charge in [-0.2, -0.15) is 0 Å². The number of thiophene rings is 1. The van der Waals surface area contributed by atoms with E-state index in [9.17, 15) is 19.2 Å². The molecule has 1 aliphatic rings. The van der Waals surface area contributed by atoms with Crippen LogP contribution in [0.3, 0.4) is 0 Å². The Labute approximate surface area is 188 Å². The van der Waals surface area contributed by atoms with Crippen LogP contribution in [0.4, 0.5) is 10.5 Å². The zero-order valence-corrected chi connectivity index (χ0v) is 18.4. The summed E-state index contributed by atoms with van der Waals surface area (Å²) in [6.07, 6.45) is 0.470. The Morgan fingerprint density at radius 2 is 1.81 bits per heavy atom. The molecule has 9 nitrogen and oxygen atoms in total. The lowest BCUT2D eigenvalue weighted by atomic mass is 10.0. The summed E-state index contributed by atoms with van der Waals surface area (Å²) < 4.78 is 10.4. The van der Waals surface area contributed by atoms with Crippen molar-refractivity contribution in [2.24, 2.45) is 0 Å². The topological polar surface area (TPSA) is 123 Å². The molecule has 2 aromatic rings. The molecular weight excluding hydrogens is 434 g/mol. The highest BCUT2D eigenvalue weighted by atomic mass is 32.1. The Kier molecular flexibility index (Phi) is 7.61. The van der Waals surface area contributed by atoms with Crippen molar-refractivity contribution < 1.29 is 28.7 Å². The standard InChI is InChI=1S/C22H23N3O6S/c1-3-15-18(21(28)30-4-2)16(25-22(29)24-15)12-31-20(27)13-7-9-14(10-8-13)23-19(26)17-6-5-11-32-17/h5-11,15H,3-4,12H2,1-2H3,(H,23,26)(H2,24,25,29). The molecule has 3 amide bonds. The molecule has 1 unspecified atom stereocenters. The molecule has 0 bridgehead atoms. The van der Waals surface area contributed by atoms with Gasteiger partial charge < -0.3 is 25.4 Å². The van der Waals surface area contributed by atoms with E-state index in [4.69, 9.17) is 9.47 Å². The van der Waals surface area contributed by atoms with Crippen LogP contribution in [0.5, 0.6) is 0 Å². The molecule has 1 atom stereocenters. The van der Waals surface area contributed by atoms with Gasteiger partial charge in [-0.05, 0) is 49.1 Å². The smallest absolute Gasteiger partial charge is 0.338 e. The van der Waals surface area contributed by atoms with Gasteiger partial charge in [0.15, 0.2) is 0 Å². The van der Waals surface area contributed by atoms with Gasteiger partial charge in [-0.15, -0.1) is 11.3 Å². The van der Waals surface area contributed by atoms with E-state index in [0.717, 1.165) is 0 Å². The molecule has 10 heteroatoms. The third kappa shape index (κ3) is 5.52. The maximum atomic E-state index is 12.5. The van der Waals surface area contributed by atoms with Crippen LogP contribution in [0.15, 0.2) is 53.0 Å². The van der Waals surface area contributed by atoms with E-state index in [-0.39, 0.29) is 36.0 Å². The lowest BCUT2D eigenvalue weighted by Gasteiger charge is -2.28. The Morgan fingerprint density at radius 1 is 1.06 bits per heavy atom. The predicted octanol–water partition coefficient (Wildman–Crippen LogP) is 3.07. The second kappa shape index (κ2) is 10.6. The number of hydrogen-bond acceptors (Lipinski definition) is 7. The maximum Gasteiger partial charge on any atom is 0.338 e. The molecule has 0 fully saturated rings. The Hall–Kier alpha value is -3.66. The first-order valence-corrected chi connectivity index (χ1v) is 10.9. The minimum atomic E-state index is -0.641. The fourth-order valence-corrected chi connectivity index (χ4v) is 3.71. The normalized spacial score (nSPS) is 15.4. The van der Waals surface area contributed by atoms with Crippen LogP contribution in [-0.4, -0.2) is 43.1 Å². The van der Waals surface area contributed by atoms with Crippen molar-refractivity contribution in [3.63, 3.8) is 0 Å². The van der Waals surface area contributed by atoms with E-state index in [2.05, 4.69) is 16.0 Å². The summed E-state index contributed by atoms with van der Waals surface area (Å²) in [7, 11) is 0. The molecule has 0 saturated heterocycles. The monoisotopic (exact) mass is 457 g/mol. The van der Waals surface area contributed by atoms with E-state index in [1.807, 2.05) is 12.3 Å². The largest absolute Gasteiger partial charge is 0.463 e. The summed E-state index contributed by atoms with van der Waals surface area (Å²) in [5, 5.41) is 9.74. The summed E-state index contributed by atoms with van der Waals surface area (Å²) in [5.41, 5.74) is 1.20. The number of rotatable bonds is 8. The molecule has 0 saturated carbocycles. The number of carbonyl (C=O) groups is 4. The van der Waals surface area contributed by atoms with Crippen LogP contribution < -0.4 is 16.0 Å². The second-order valence-electron chi connectivity index (χ2n) is 6.76. The van der Waals surface area contributed by atoms with Crippen molar-refractivity contribution >= 4 is 40.9 Å². The third-order valence-electron chi connectivity index (χ3n) is 4.62. The molecule has 0 spiro atoms. The Bertz CT molecular complexity index is 1030. The molecule has 3 N–H and O–H groups in total. The van der Waals surface area contributed by atoms with Crippen molar-refractivity contribution in [2.75, 3.05) is 18.5 Å². The molecule has 1 aliphatic heterocycles. The summed E-state index contributed by atoms with van der Waals surface area (Å²) in [5.74, 6) is -1.46. The summed E-state index contributed by atoms with van der Waals surface area (Å²) in [6, 6.07) is 8.69. The zero-order chi connectivity index (χ0) is 23.1. The zero-order valence-electron chi connectivity index (χ0n) is 17.6. The maximum absolute atomic E-state index is 12.5. The molecule has 3 rings (SSSR count). The predicted molar refractivity (Wildman–Crippen MR) is 118 cm³/mol. The van der Waals surface area contributed by atoms with Gasteiger partial charge in [0.05, 0.1) is 34.4 Å². The van der Waals surface area contributed by atoms with Crippen molar-refractivity contribution in [3.8, 4) is 0 Å². The second-order valence-corrected chi connectivity index (χ2v) is 7.70. The van der Waals surface area contributed by atoms with Gasteiger partial charge in [0, 0.05) is 5.69 Å². The molecule has 1 aromatic heterocycles. The van der Waals surface area contributed by atoms with E-state index >= 15 is 0 Å². The highest BCUT2D eigenvalue weighted by molar-refractivity contribution is 7.12. The van der Waals surface area contributed by atoms with Gasteiger partial charge >= 0.3 is 18.0 Å². The lowest BCUT2D eigenvalue weighted by molar-refractivity contribution is -0.139. The van der Waals surface area contributed by atoms with Gasteiger partial charge in [-0.3, -0.25) is 4.79 Å². The van der Waals surface area contributed by atoms with Crippen molar-refractivity contribution in [3.05, 3.63) is 63.5 Å². The molecule has 32 heavy (non-hydrogen) atoms. The molecular formula is C22H23N3O6S. The van der Waals surface area contributed by atoms with E-state index < -0.39 is 24.0 Å². The van der Waals surface area contributed by atoms with Crippen molar-refractivity contribution in [1.82, 2.24) is 10.6 Å². The first-order valence-electron chi connectivity index (χ1n) is 10.0. The molecule has 168 valence electrons. The number of ether oxygens (including phenoxy) is 2. The number of carbonyl (C=O) groups excluding carboxylic acids is 4. The van der Waals surface area contributed by atoms with Crippen LogP contribution in [0.25, 0.3) is 0 Å². The fourth-order valence-electron chi connectivity index (χ4n) is 3.09. The summed E-state index contributed by atoms with van der Waals surface area (Å²) in [6.45, 7) is 3.38. The van der Waals surface area contributed by atoms with E-state index in [0.29, 0.717) is 17.0 Å². The van der Waals surface area contributed by atoms with E-state index in [1.165, 1.54) is 23.5 Å². The highest BCUT2D eigenvalue weighted by Crippen LogP contribution is 2.19. The number of urea groups is 1. The molecule has 0 radical (unpaired) electrons. The average molecular weight is 458 g/mol. The number of esters is 2. The van der Waals surface area contributed by atoms with Crippen LogP contribution in [0.2, 0.25) is 0 Å².